The predicted octanol–water partition coefficient (Wildman–Crippen LogP) is 4.61. The lowest BCUT2D eigenvalue weighted by Gasteiger charge is -2.23. The van der Waals surface area contributed by atoms with E-state index in [0.29, 0.717) is 25.3 Å². The van der Waals surface area contributed by atoms with Gasteiger partial charge < -0.3 is 20.1 Å². The molecule has 1 heterocycles. The van der Waals surface area contributed by atoms with Crippen LogP contribution in [-0.2, 0) is 0 Å². The van der Waals surface area contributed by atoms with Crippen molar-refractivity contribution < 1.29 is 14.6 Å². The maximum atomic E-state index is 13.1. The second kappa shape index (κ2) is 8.80. The molecule has 3 aromatic carbocycles. The highest BCUT2D eigenvalue weighted by Crippen LogP contribution is 2.33. The van der Waals surface area contributed by atoms with E-state index in [-0.39, 0.29) is 5.91 Å². The van der Waals surface area contributed by atoms with E-state index in [1.165, 1.54) is 0 Å². The van der Waals surface area contributed by atoms with Gasteiger partial charge in [-0.05, 0) is 55.3 Å². The lowest BCUT2D eigenvalue weighted by molar-refractivity contribution is 0.0986. The normalized spacial score (nSPS) is 15.9. The van der Waals surface area contributed by atoms with Crippen molar-refractivity contribution in [2.75, 3.05) is 23.5 Å². The number of ether oxygens (including phenoxy) is 1. The number of nitrogens with zero attached hydrogens (tertiary/aromatic N) is 1. The molecule has 0 aliphatic carbocycles. The van der Waals surface area contributed by atoms with E-state index in [2.05, 4.69) is 5.32 Å². The first-order valence-electron chi connectivity index (χ1n) is 9.83. The van der Waals surface area contributed by atoms with Gasteiger partial charge in [-0.3, -0.25) is 4.79 Å². The molecule has 0 spiro atoms. The third-order valence-electron chi connectivity index (χ3n) is 5.08. The number of carbonyl (C=O) groups is 1. The van der Waals surface area contributed by atoms with Crippen LogP contribution in [0.25, 0.3) is 0 Å². The van der Waals surface area contributed by atoms with Gasteiger partial charge in [0.1, 0.15) is 5.75 Å². The van der Waals surface area contributed by atoms with Crippen LogP contribution >= 0.6 is 0 Å². The summed E-state index contributed by atoms with van der Waals surface area (Å²) in [7, 11) is 0. The zero-order valence-corrected chi connectivity index (χ0v) is 16.1. The van der Waals surface area contributed by atoms with Gasteiger partial charge in [-0.1, -0.05) is 36.4 Å². The lowest BCUT2D eigenvalue weighted by Crippen LogP contribution is -2.31. The van der Waals surface area contributed by atoms with Gasteiger partial charge >= 0.3 is 0 Å². The Kier molecular flexibility index (Phi) is 5.77. The van der Waals surface area contributed by atoms with Crippen LogP contribution in [0.3, 0.4) is 0 Å². The third-order valence-corrected chi connectivity index (χ3v) is 5.08. The highest BCUT2D eigenvalue weighted by Gasteiger charge is 2.25. The minimum absolute atomic E-state index is 0.0568. The molecule has 2 N–H and O–H groups in total. The fourth-order valence-corrected chi connectivity index (χ4v) is 3.55. The summed E-state index contributed by atoms with van der Waals surface area (Å²) in [5, 5.41) is 13.5. The molecule has 148 valence electrons. The molecular weight excluding hydrogens is 364 g/mol. The van der Waals surface area contributed by atoms with E-state index in [1.54, 1.807) is 4.90 Å². The molecule has 0 radical (unpaired) electrons. The molecule has 0 aromatic heterocycles. The van der Waals surface area contributed by atoms with Gasteiger partial charge in [0.05, 0.1) is 6.10 Å². The van der Waals surface area contributed by atoms with Gasteiger partial charge in [-0.25, -0.2) is 0 Å². The summed E-state index contributed by atoms with van der Waals surface area (Å²) >= 11 is 0. The Bertz CT molecular complexity index is 957. The van der Waals surface area contributed by atoms with Crippen LogP contribution < -0.4 is 15.0 Å². The van der Waals surface area contributed by atoms with Crippen molar-refractivity contribution in [3.8, 4) is 5.75 Å². The van der Waals surface area contributed by atoms with Crippen LogP contribution in [0.15, 0.2) is 78.9 Å². The minimum Gasteiger partial charge on any atom is -0.473 e. The van der Waals surface area contributed by atoms with Crippen LogP contribution in [0.4, 0.5) is 11.4 Å². The molecule has 1 aliphatic heterocycles. The van der Waals surface area contributed by atoms with E-state index in [1.807, 2.05) is 78.9 Å². The van der Waals surface area contributed by atoms with Crippen LogP contribution in [0, 0.1) is 0 Å². The third kappa shape index (κ3) is 4.41. The quantitative estimate of drug-likeness (QED) is 0.627. The minimum atomic E-state index is -0.528. The number of anilines is 2. The van der Waals surface area contributed by atoms with E-state index < -0.39 is 6.10 Å². The van der Waals surface area contributed by atoms with Gasteiger partial charge in [0.2, 0.25) is 0 Å². The van der Waals surface area contributed by atoms with Crippen molar-refractivity contribution in [2.45, 2.75) is 18.9 Å². The summed E-state index contributed by atoms with van der Waals surface area (Å²) in [5.41, 5.74) is 3.10. The summed E-state index contributed by atoms with van der Waals surface area (Å²) in [4.78, 5) is 14.9. The highest BCUT2D eigenvalue weighted by atomic mass is 16.5. The molecule has 0 saturated heterocycles. The molecular formula is C24H24N2O3. The Morgan fingerprint density at radius 2 is 1.72 bits per heavy atom. The van der Waals surface area contributed by atoms with E-state index in [9.17, 15) is 9.90 Å². The fourth-order valence-electron chi connectivity index (χ4n) is 3.55. The first-order chi connectivity index (χ1) is 14.2. The predicted molar refractivity (Wildman–Crippen MR) is 114 cm³/mol. The molecule has 1 atom stereocenters. The number of amides is 1. The molecule has 5 heteroatoms. The maximum Gasteiger partial charge on any atom is 0.258 e. The Morgan fingerprint density at radius 3 is 2.52 bits per heavy atom. The van der Waals surface area contributed by atoms with Gasteiger partial charge in [-0.2, -0.15) is 0 Å². The Hall–Kier alpha value is -3.31. The van der Waals surface area contributed by atoms with E-state index in [4.69, 9.17) is 4.74 Å². The summed E-state index contributed by atoms with van der Waals surface area (Å²) in [5.74, 6) is 0.743. The van der Waals surface area contributed by atoms with Crippen molar-refractivity contribution in [3.63, 3.8) is 0 Å². The Labute approximate surface area is 170 Å². The molecule has 1 unspecified atom stereocenters. The van der Waals surface area contributed by atoms with Crippen molar-refractivity contribution in [1.82, 2.24) is 0 Å². The number of aliphatic hydroxyl groups is 1. The van der Waals surface area contributed by atoms with Crippen LogP contribution in [0.5, 0.6) is 5.75 Å². The summed E-state index contributed by atoms with van der Waals surface area (Å²) in [6, 6.07) is 24.6. The van der Waals surface area contributed by atoms with Gasteiger partial charge in [0.25, 0.3) is 5.91 Å². The monoisotopic (exact) mass is 388 g/mol. The van der Waals surface area contributed by atoms with E-state index >= 15 is 0 Å². The molecule has 0 bridgehead atoms. The SMILES string of the molecule is O=C(c1ccc(NCOc2ccccc2)cc1)N1CCCC(O)c2ccccc21. The molecule has 1 amide bonds. The van der Waals surface area contributed by atoms with Crippen molar-refractivity contribution in [3.05, 3.63) is 90.0 Å². The number of para-hydroxylation sites is 2. The van der Waals surface area contributed by atoms with Gasteiger partial charge in [0, 0.05) is 29.0 Å². The zero-order chi connectivity index (χ0) is 20.1. The van der Waals surface area contributed by atoms with Crippen LogP contribution in [0.2, 0.25) is 0 Å². The highest BCUT2D eigenvalue weighted by molar-refractivity contribution is 6.06. The molecule has 1 aliphatic rings. The van der Waals surface area contributed by atoms with Crippen LogP contribution in [-0.4, -0.2) is 24.3 Å². The average Bonchev–Trinajstić information content (AvgIpc) is 2.94. The Balaban J connectivity index is 1.43. The topological polar surface area (TPSA) is 61.8 Å². The molecule has 29 heavy (non-hydrogen) atoms. The standard InChI is InChI=1S/C24H24N2O3/c27-23-11-6-16-26(22-10-5-4-9-21(22)23)24(28)18-12-14-19(15-13-18)25-17-29-20-7-2-1-3-8-20/h1-5,7-10,12-15,23,25,27H,6,11,16-17H2. The molecule has 0 saturated carbocycles. The second-order valence-corrected chi connectivity index (χ2v) is 7.03. The van der Waals surface area contributed by atoms with E-state index in [0.717, 1.165) is 29.1 Å². The largest absolute Gasteiger partial charge is 0.473 e. The molecule has 4 rings (SSSR count). The number of benzene rings is 3. The first-order valence-corrected chi connectivity index (χ1v) is 9.83. The summed E-state index contributed by atoms with van der Waals surface area (Å²) in [6.07, 6.45) is 0.892. The number of rotatable bonds is 5. The zero-order valence-electron chi connectivity index (χ0n) is 16.1. The summed E-state index contributed by atoms with van der Waals surface area (Å²) in [6.45, 7) is 0.937. The smallest absolute Gasteiger partial charge is 0.258 e. The number of fused-ring (bicyclic) bond motifs is 1. The van der Waals surface area contributed by atoms with Crippen molar-refractivity contribution in [1.29, 1.82) is 0 Å². The average molecular weight is 388 g/mol. The number of hydrogen-bond donors (Lipinski definition) is 2. The fraction of sp³-hybridized carbons (Fsp3) is 0.208. The number of carbonyl (C=O) groups excluding carboxylic acids is 1. The number of hydrogen-bond acceptors (Lipinski definition) is 4. The molecule has 0 fully saturated rings. The maximum absolute atomic E-state index is 13.1. The molecule has 5 nitrogen and oxygen atoms in total. The second-order valence-electron chi connectivity index (χ2n) is 7.03. The van der Waals surface area contributed by atoms with Crippen molar-refractivity contribution in [2.24, 2.45) is 0 Å². The number of nitrogens with one attached hydrogen (secondary N) is 1. The first kappa shape index (κ1) is 19.0. The summed E-state index contributed by atoms with van der Waals surface area (Å²) < 4.78 is 5.64. The Morgan fingerprint density at radius 1 is 1.00 bits per heavy atom. The van der Waals surface area contributed by atoms with Crippen LogP contribution in [0.1, 0.15) is 34.9 Å². The van der Waals surface area contributed by atoms with Gasteiger partial charge in [-0.15, -0.1) is 0 Å². The molecule has 3 aromatic rings. The number of aliphatic hydroxyl groups excluding tert-OH is 1. The lowest BCUT2D eigenvalue weighted by atomic mass is 10.0. The van der Waals surface area contributed by atoms with Crippen molar-refractivity contribution >= 4 is 17.3 Å². The van der Waals surface area contributed by atoms with Gasteiger partial charge in [0.15, 0.2) is 6.73 Å².